The molecule has 0 saturated carbocycles. The molecule has 5 nitrogen and oxygen atoms in total. The highest BCUT2D eigenvalue weighted by Crippen LogP contribution is 1.88. The molecule has 0 aromatic rings. The van der Waals surface area contributed by atoms with Crippen LogP contribution in [0.1, 0.15) is 6.42 Å². The Morgan fingerprint density at radius 1 is 1.36 bits per heavy atom. The van der Waals surface area contributed by atoms with Crippen LogP contribution in [0.5, 0.6) is 0 Å². The standard InChI is InChI=1S/C6H10O5/c1-10-5(8)4-6(9)11-3-2-7/h7H,2-4H2,1H3. The number of aliphatic hydroxyl groups is 1. The minimum Gasteiger partial charge on any atom is -0.469 e. The molecule has 11 heavy (non-hydrogen) atoms. The second-order valence-corrected chi connectivity index (χ2v) is 1.70. The highest BCUT2D eigenvalue weighted by atomic mass is 16.6. The Morgan fingerprint density at radius 3 is 2.45 bits per heavy atom. The van der Waals surface area contributed by atoms with Gasteiger partial charge in [-0.2, -0.15) is 0 Å². The van der Waals surface area contributed by atoms with Gasteiger partial charge in [0.1, 0.15) is 13.0 Å². The molecular formula is C6H10O5. The first kappa shape index (κ1) is 9.90. The van der Waals surface area contributed by atoms with Crippen molar-refractivity contribution in [1.29, 1.82) is 0 Å². The van der Waals surface area contributed by atoms with Gasteiger partial charge in [0.25, 0.3) is 0 Å². The second-order valence-electron chi connectivity index (χ2n) is 1.70. The van der Waals surface area contributed by atoms with Crippen LogP contribution in [0, 0.1) is 0 Å². The van der Waals surface area contributed by atoms with E-state index >= 15 is 0 Å². The van der Waals surface area contributed by atoms with Crippen LogP contribution in [-0.2, 0) is 19.1 Å². The van der Waals surface area contributed by atoms with Gasteiger partial charge in [-0.3, -0.25) is 9.59 Å². The predicted molar refractivity (Wildman–Crippen MR) is 34.7 cm³/mol. The number of rotatable bonds is 4. The van der Waals surface area contributed by atoms with Crippen LogP contribution >= 0.6 is 0 Å². The minimum absolute atomic E-state index is 0.0875. The van der Waals surface area contributed by atoms with Crippen LogP contribution in [0.15, 0.2) is 0 Å². The van der Waals surface area contributed by atoms with E-state index in [0.717, 1.165) is 0 Å². The van der Waals surface area contributed by atoms with Gasteiger partial charge < -0.3 is 14.6 Å². The molecule has 0 radical (unpaired) electrons. The average Bonchev–Trinajstić information content (AvgIpc) is 2.00. The van der Waals surface area contributed by atoms with E-state index in [0.29, 0.717) is 0 Å². The summed E-state index contributed by atoms with van der Waals surface area (Å²) in [7, 11) is 1.18. The highest BCUT2D eigenvalue weighted by molar-refractivity contribution is 5.91. The summed E-state index contributed by atoms with van der Waals surface area (Å²) in [4.78, 5) is 20.9. The summed E-state index contributed by atoms with van der Waals surface area (Å²) in [6.45, 7) is -0.331. The third-order valence-corrected chi connectivity index (χ3v) is 0.871. The number of methoxy groups -OCH3 is 1. The van der Waals surface area contributed by atoms with Crippen molar-refractivity contribution in [2.45, 2.75) is 6.42 Å². The van der Waals surface area contributed by atoms with Crippen LogP contribution < -0.4 is 0 Å². The van der Waals surface area contributed by atoms with E-state index in [1.165, 1.54) is 7.11 Å². The van der Waals surface area contributed by atoms with E-state index in [4.69, 9.17) is 5.11 Å². The molecule has 0 aliphatic carbocycles. The van der Waals surface area contributed by atoms with Crippen LogP contribution in [0.25, 0.3) is 0 Å². The van der Waals surface area contributed by atoms with Crippen molar-refractivity contribution in [3.05, 3.63) is 0 Å². The van der Waals surface area contributed by atoms with Crippen LogP contribution in [-0.4, -0.2) is 37.4 Å². The van der Waals surface area contributed by atoms with Gasteiger partial charge >= 0.3 is 11.9 Å². The van der Waals surface area contributed by atoms with Crippen molar-refractivity contribution in [2.75, 3.05) is 20.3 Å². The third-order valence-electron chi connectivity index (χ3n) is 0.871. The largest absolute Gasteiger partial charge is 0.469 e. The van der Waals surface area contributed by atoms with E-state index in [1.54, 1.807) is 0 Å². The lowest BCUT2D eigenvalue weighted by Gasteiger charge is -2.00. The lowest BCUT2D eigenvalue weighted by molar-refractivity contribution is -0.153. The van der Waals surface area contributed by atoms with Crippen molar-refractivity contribution < 1.29 is 24.2 Å². The fourth-order valence-electron chi connectivity index (χ4n) is 0.401. The van der Waals surface area contributed by atoms with E-state index in [1.807, 2.05) is 0 Å². The molecule has 0 aromatic heterocycles. The van der Waals surface area contributed by atoms with Gasteiger partial charge in [-0.05, 0) is 0 Å². The van der Waals surface area contributed by atoms with Gasteiger partial charge in [-0.15, -0.1) is 0 Å². The summed E-state index contributed by atoms with van der Waals surface area (Å²) in [6, 6.07) is 0. The first-order valence-electron chi connectivity index (χ1n) is 3.04. The number of aliphatic hydroxyl groups excluding tert-OH is 1. The molecule has 0 aliphatic heterocycles. The number of ether oxygens (including phenoxy) is 2. The molecule has 0 unspecified atom stereocenters. The number of carbonyl (C=O) groups is 2. The maximum Gasteiger partial charge on any atom is 0.317 e. The maximum absolute atomic E-state index is 10.5. The van der Waals surface area contributed by atoms with Gasteiger partial charge in [0.05, 0.1) is 13.7 Å². The summed E-state index contributed by atoms with van der Waals surface area (Å²) in [5.74, 6) is -1.33. The minimum atomic E-state index is -0.689. The van der Waals surface area contributed by atoms with E-state index in [2.05, 4.69) is 9.47 Å². The van der Waals surface area contributed by atoms with Gasteiger partial charge in [-0.25, -0.2) is 0 Å². The summed E-state index contributed by atoms with van der Waals surface area (Å²) < 4.78 is 8.57. The molecule has 0 atom stereocenters. The summed E-state index contributed by atoms with van der Waals surface area (Å²) in [5.41, 5.74) is 0. The first-order chi connectivity index (χ1) is 5.20. The smallest absolute Gasteiger partial charge is 0.317 e. The Hall–Kier alpha value is -1.10. The monoisotopic (exact) mass is 162 g/mol. The molecule has 5 heteroatoms. The molecular weight excluding hydrogens is 152 g/mol. The Bertz CT molecular complexity index is 142. The zero-order chi connectivity index (χ0) is 8.69. The van der Waals surface area contributed by atoms with E-state index < -0.39 is 18.4 Å². The van der Waals surface area contributed by atoms with Crippen molar-refractivity contribution >= 4 is 11.9 Å². The normalized spacial score (nSPS) is 8.91. The van der Waals surface area contributed by atoms with E-state index in [-0.39, 0.29) is 13.2 Å². The quantitative estimate of drug-likeness (QED) is 0.427. The molecule has 0 spiro atoms. The van der Waals surface area contributed by atoms with Gasteiger partial charge in [-0.1, -0.05) is 0 Å². The zero-order valence-electron chi connectivity index (χ0n) is 6.20. The number of carbonyl (C=O) groups excluding carboxylic acids is 2. The Morgan fingerprint density at radius 2 is 2.00 bits per heavy atom. The molecule has 64 valence electrons. The predicted octanol–water partition coefficient (Wildman–Crippen LogP) is -0.915. The molecule has 0 bridgehead atoms. The van der Waals surface area contributed by atoms with Crippen LogP contribution in [0.3, 0.4) is 0 Å². The summed E-state index contributed by atoms with van der Waals surface area (Å²) in [5, 5.41) is 8.21. The number of hydrogen-bond acceptors (Lipinski definition) is 5. The summed E-state index contributed by atoms with van der Waals surface area (Å²) >= 11 is 0. The SMILES string of the molecule is COC(=O)CC(=O)OCCO. The Labute approximate surface area is 63.9 Å². The average molecular weight is 162 g/mol. The first-order valence-corrected chi connectivity index (χ1v) is 3.04. The molecule has 0 aliphatic rings. The molecule has 0 saturated heterocycles. The van der Waals surface area contributed by atoms with Gasteiger partial charge in [0, 0.05) is 0 Å². The second kappa shape index (κ2) is 5.67. The highest BCUT2D eigenvalue weighted by Gasteiger charge is 2.09. The third kappa shape index (κ3) is 5.35. The fourth-order valence-corrected chi connectivity index (χ4v) is 0.401. The molecule has 0 rings (SSSR count). The molecule has 0 amide bonds. The molecule has 0 heterocycles. The van der Waals surface area contributed by atoms with Gasteiger partial charge in [0.2, 0.25) is 0 Å². The number of esters is 2. The zero-order valence-corrected chi connectivity index (χ0v) is 6.20. The van der Waals surface area contributed by atoms with Crippen LogP contribution in [0.4, 0.5) is 0 Å². The fraction of sp³-hybridized carbons (Fsp3) is 0.667. The molecule has 0 fully saturated rings. The van der Waals surface area contributed by atoms with Crippen LogP contribution in [0.2, 0.25) is 0 Å². The van der Waals surface area contributed by atoms with Crippen molar-refractivity contribution in [3.63, 3.8) is 0 Å². The Balaban J connectivity index is 3.44. The Kier molecular flexibility index (Phi) is 5.10. The lowest BCUT2D eigenvalue weighted by Crippen LogP contribution is -2.14. The lowest BCUT2D eigenvalue weighted by atomic mass is 10.4. The maximum atomic E-state index is 10.5. The molecule has 0 aromatic carbocycles. The van der Waals surface area contributed by atoms with Gasteiger partial charge in [0.15, 0.2) is 0 Å². The summed E-state index contributed by atoms with van der Waals surface area (Å²) in [6.07, 6.45) is -0.406. The van der Waals surface area contributed by atoms with Crippen molar-refractivity contribution in [1.82, 2.24) is 0 Å². The number of hydrogen-bond donors (Lipinski definition) is 1. The van der Waals surface area contributed by atoms with Crippen molar-refractivity contribution in [2.24, 2.45) is 0 Å². The topological polar surface area (TPSA) is 72.8 Å². The van der Waals surface area contributed by atoms with E-state index in [9.17, 15) is 9.59 Å². The molecule has 1 N–H and O–H groups in total. The van der Waals surface area contributed by atoms with Crippen molar-refractivity contribution in [3.8, 4) is 0 Å².